The second kappa shape index (κ2) is 5.23. The molecule has 0 fully saturated rings. The molecule has 0 amide bonds. The van der Waals surface area contributed by atoms with Crippen molar-refractivity contribution in [2.75, 3.05) is 5.73 Å². The molecule has 0 aliphatic rings. The zero-order valence-electron chi connectivity index (χ0n) is 10.2. The molecule has 7 nitrogen and oxygen atoms in total. The fraction of sp³-hybridized carbons (Fsp3) is 0.0909. The minimum Gasteiger partial charge on any atom is -0.439 e. The molecule has 2 N–H and O–H groups in total. The summed E-state index contributed by atoms with van der Waals surface area (Å²) in [5.41, 5.74) is 5.07. The lowest BCUT2D eigenvalue weighted by molar-refractivity contribution is -0.384. The molecular weight excluding hydrogens is 293 g/mol. The fourth-order valence-corrected chi connectivity index (χ4v) is 1.38. The van der Waals surface area contributed by atoms with Gasteiger partial charge in [-0.2, -0.15) is 18.2 Å². The molecule has 0 radical (unpaired) electrons. The summed E-state index contributed by atoms with van der Waals surface area (Å²) in [6.07, 6.45) is -4.76. The van der Waals surface area contributed by atoms with Crippen molar-refractivity contribution < 1.29 is 22.8 Å². The van der Waals surface area contributed by atoms with E-state index in [1.807, 2.05) is 0 Å². The van der Waals surface area contributed by atoms with Crippen LogP contribution in [-0.2, 0) is 6.18 Å². The zero-order chi connectivity index (χ0) is 15.6. The molecule has 0 aliphatic carbocycles. The van der Waals surface area contributed by atoms with Crippen molar-refractivity contribution in [3.05, 3.63) is 46.3 Å². The average Bonchev–Trinajstić information content (AvgIpc) is 2.37. The van der Waals surface area contributed by atoms with Crippen LogP contribution in [0, 0.1) is 10.1 Å². The Morgan fingerprint density at radius 2 is 1.81 bits per heavy atom. The average molecular weight is 300 g/mol. The molecule has 21 heavy (non-hydrogen) atoms. The number of hydrogen-bond acceptors (Lipinski definition) is 6. The van der Waals surface area contributed by atoms with E-state index in [-0.39, 0.29) is 11.4 Å². The number of non-ortho nitro benzene ring substituents is 1. The predicted octanol–water partition coefficient (Wildman–Crippen LogP) is 2.78. The highest BCUT2D eigenvalue weighted by molar-refractivity contribution is 5.39. The van der Waals surface area contributed by atoms with Gasteiger partial charge in [-0.05, 0) is 12.1 Å². The van der Waals surface area contributed by atoms with Gasteiger partial charge in [-0.15, -0.1) is 0 Å². The van der Waals surface area contributed by atoms with Crippen LogP contribution in [0.3, 0.4) is 0 Å². The zero-order valence-corrected chi connectivity index (χ0v) is 10.2. The van der Waals surface area contributed by atoms with Gasteiger partial charge in [-0.25, -0.2) is 4.98 Å². The van der Waals surface area contributed by atoms with E-state index in [1.165, 1.54) is 12.1 Å². The van der Waals surface area contributed by atoms with Gasteiger partial charge >= 0.3 is 6.18 Å². The van der Waals surface area contributed by atoms with Crippen LogP contribution in [0.15, 0.2) is 30.3 Å². The number of nitrogen functional groups attached to an aromatic ring is 1. The summed E-state index contributed by atoms with van der Waals surface area (Å²) in [5.74, 6) is -2.18. The van der Waals surface area contributed by atoms with E-state index in [2.05, 4.69) is 9.97 Å². The molecule has 1 aromatic heterocycles. The molecule has 2 rings (SSSR count). The molecule has 2 aromatic rings. The Morgan fingerprint density at radius 1 is 1.19 bits per heavy atom. The van der Waals surface area contributed by atoms with Crippen LogP contribution in [-0.4, -0.2) is 14.9 Å². The number of ether oxygens (including phenoxy) is 1. The van der Waals surface area contributed by atoms with Crippen molar-refractivity contribution >= 4 is 11.5 Å². The lowest BCUT2D eigenvalue weighted by atomic mass is 10.3. The minimum atomic E-state index is -4.76. The van der Waals surface area contributed by atoms with E-state index >= 15 is 0 Å². The van der Waals surface area contributed by atoms with Crippen LogP contribution >= 0.6 is 0 Å². The number of nitrogens with two attached hydrogens (primary N) is 1. The highest BCUT2D eigenvalue weighted by Crippen LogP contribution is 2.30. The van der Waals surface area contributed by atoms with E-state index < -0.39 is 28.6 Å². The summed E-state index contributed by atoms with van der Waals surface area (Å²) in [6, 6.07) is 5.75. The molecule has 1 aromatic carbocycles. The summed E-state index contributed by atoms with van der Waals surface area (Å²) < 4.78 is 42.6. The van der Waals surface area contributed by atoms with Crippen molar-refractivity contribution in [3.8, 4) is 11.6 Å². The first-order chi connectivity index (χ1) is 9.75. The third-order valence-corrected chi connectivity index (χ3v) is 2.25. The van der Waals surface area contributed by atoms with Gasteiger partial charge < -0.3 is 10.5 Å². The predicted molar refractivity (Wildman–Crippen MR) is 64.6 cm³/mol. The number of anilines is 1. The van der Waals surface area contributed by atoms with Crippen LogP contribution in [0.4, 0.5) is 24.7 Å². The maximum Gasteiger partial charge on any atom is 0.451 e. The Morgan fingerprint density at radius 3 is 2.33 bits per heavy atom. The second-order valence-corrected chi connectivity index (χ2v) is 3.81. The molecule has 0 atom stereocenters. The molecule has 0 unspecified atom stereocenters. The molecule has 0 spiro atoms. The van der Waals surface area contributed by atoms with Gasteiger partial charge in [0.2, 0.25) is 11.7 Å². The molecule has 0 saturated heterocycles. The maximum atomic E-state index is 12.5. The lowest BCUT2D eigenvalue weighted by Gasteiger charge is -2.09. The standard InChI is InChI=1S/C11H7F3N4O3/c12-11(13,14)10-16-8(15)5-9(17-10)21-7-3-1-6(2-4-7)18(19)20/h1-5H,(H2,15,16,17). The SMILES string of the molecule is Nc1cc(Oc2ccc([N+](=O)[O-])cc2)nc(C(F)(F)F)n1. The van der Waals surface area contributed by atoms with Gasteiger partial charge in [0.25, 0.3) is 5.69 Å². The molecule has 110 valence electrons. The molecule has 10 heteroatoms. The number of hydrogen-bond donors (Lipinski definition) is 1. The van der Waals surface area contributed by atoms with Crippen molar-refractivity contribution in [3.63, 3.8) is 0 Å². The summed E-state index contributed by atoms with van der Waals surface area (Å²) >= 11 is 0. The van der Waals surface area contributed by atoms with Crippen LogP contribution in [0.25, 0.3) is 0 Å². The van der Waals surface area contributed by atoms with E-state index in [0.29, 0.717) is 0 Å². The minimum absolute atomic E-state index is 0.0758. The van der Waals surface area contributed by atoms with Crippen molar-refractivity contribution in [2.24, 2.45) is 0 Å². The Hall–Kier alpha value is -2.91. The topological polar surface area (TPSA) is 104 Å². The first-order valence-electron chi connectivity index (χ1n) is 5.40. The largest absolute Gasteiger partial charge is 0.451 e. The van der Waals surface area contributed by atoms with Gasteiger partial charge in [0.05, 0.1) is 4.92 Å². The highest BCUT2D eigenvalue weighted by Gasteiger charge is 2.35. The fourth-order valence-electron chi connectivity index (χ4n) is 1.38. The van der Waals surface area contributed by atoms with Crippen LogP contribution in [0.2, 0.25) is 0 Å². The number of nitrogens with zero attached hydrogens (tertiary/aromatic N) is 3. The molecule has 0 saturated carbocycles. The number of nitro benzene ring substituents is 1. The molecule has 1 heterocycles. The van der Waals surface area contributed by atoms with Crippen LogP contribution in [0.5, 0.6) is 11.6 Å². The monoisotopic (exact) mass is 300 g/mol. The van der Waals surface area contributed by atoms with Crippen molar-refractivity contribution in [1.29, 1.82) is 0 Å². The first-order valence-corrected chi connectivity index (χ1v) is 5.40. The van der Waals surface area contributed by atoms with E-state index in [1.54, 1.807) is 0 Å². The van der Waals surface area contributed by atoms with Crippen LogP contribution in [0.1, 0.15) is 5.82 Å². The first kappa shape index (κ1) is 14.5. The number of benzene rings is 1. The molecule has 0 aliphatic heterocycles. The lowest BCUT2D eigenvalue weighted by Crippen LogP contribution is -2.12. The van der Waals surface area contributed by atoms with Crippen molar-refractivity contribution in [1.82, 2.24) is 9.97 Å². The highest BCUT2D eigenvalue weighted by atomic mass is 19.4. The number of rotatable bonds is 3. The van der Waals surface area contributed by atoms with Gasteiger partial charge in [0.15, 0.2) is 0 Å². The molecule has 0 bridgehead atoms. The van der Waals surface area contributed by atoms with Crippen molar-refractivity contribution in [2.45, 2.75) is 6.18 Å². The van der Waals surface area contributed by atoms with Gasteiger partial charge in [0, 0.05) is 18.2 Å². The van der Waals surface area contributed by atoms with E-state index in [9.17, 15) is 23.3 Å². The Kier molecular flexibility index (Phi) is 3.61. The van der Waals surface area contributed by atoms with Gasteiger partial charge in [-0.1, -0.05) is 0 Å². The number of alkyl halides is 3. The van der Waals surface area contributed by atoms with Gasteiger partial charge in [-0.3, -0.25) is 10.1 Å². The Labute approximate surface area is 115 Å². The van der Waals surface area contributed by atoms with Gasteiger partial charge in [0.1, 0.15) is 11.6 Å². The van der Waals surface area contributed by atoms with Crippen LogP contribution < -0.4 is 10.5 Å². The Balaban J connectivity index is 2.27. The third kappa shape index (κ3) is 3.55. The Bertz CT molecular complexity index is 673. The summed E-state index contributed by atoms with van der Waals surface area (Å²) in [4.78, 5) is 16.1. The van der Waals surface area contributed by atoms with E-state index in [0.717, 1.165) is 18.2 Å². The number of nitro groups is 1. The molecular formula is C11H7F3N4O3. The summed E-state index contributed by atoms with van der Waals surface area (Å²) in [5, 5.41) is 10.5. The van der Waals surface area contributed by atoms with E-state index in [4.69, 9.17) is 10.5 Å². The third-order valence-electron chi connectivity index (χ3n) is 2.25. The quantitative estimate of drug-likeness (QED) is 0.690. The number of aromatic nitrogens is 2. The normalized spacial score (nSPS) is 11.2. The summed E-state index contributed by atoms with van der Waals surface area (Å²) in [6.45, 7) is 0. The second-order valence-electron chi connectivity index (χ2n) is 3.81. The maximum absolute atomic E-state index is 12.5. The summed E-state index contributed by atoms with van der Waals surface area (Å²) in [7, 11) is 0. The smallest absolute Gasteiger partial charge is 0.439 e. The number of halogens is 3.